The molecular weight excluding hydrogens is 524 g/mol. The summed E-state index contributed by atoms with van der Waals surface area (Å²) in [6.45, 7) is 10.5. The molecular formula is C29H32O7S2. The Morgan fingerprint density at radius 3 is 2.13 bits per heavy atom. The zero-order valence-corrected chi connectivity index (χ0v) is 23.4. The number of unbranched alkanes of at least 4 members (excludes halogenated alkanes) is 2. The monoisotopic (exact) mass is 556 g/mol. The molecule has 1 aliphatic heterocycles. The van der Waals surface area contributed by atoms with Crippen LogP contribution >= 0.6 is 0 Å². The minimum atomic E-state index is -4.89. The third-order valence-electron chi connectivity index (χ3n) is 6.86. The van der Waals surface area contributed by atoms with Crippen LogP contribution < -0.4 is 15.2 Å². The number of benzene rings is 3. The van der Waals surface area contributed by atoms with Crippen molar-refractivity contribution in [2.75, 3.05) is 0 Å². The Labute approximate surface area is 224 Å². The van der Waals surface area contributed by atoms with Gasteiger partial charge in [-0.25, -0.2) is 0 Å². The maximum absolute atomic E-state index is 12.5. The van der Waals surface area contributed by atoms with Gasteiger partial charge in [0.25, 0.3) is 20.2 Å². The van der Waals surface area contributed by atoms with Crippen molar-refractivity contribution in [3.63, 3.8) is 0 Å². The summed E-state index contributed by atoms with van der Waals surface area (Å²) in [4.78, 5) is -1.25. The third kappa shape index (κ3) is 5.42. The lowest BCUT2D eigenvalue weighted by atomic mass is 9.88. The summed E-state index contributed by atoms with van der Waals surface area (Å²) in [6, 6.07) is 10.7. The van der Waals surface area contributed by atoms with Gasteiger partial charge < -0.3 is 4.74 Å². The zero-order chi connectivity index (χ0) is 27.8. The molecule has 0 unspecified atom stereocenters. The van der Waals surface area contributed by atoms with Crippen molar-refractivity contribution in [1.82, 2.24) is 0 Å². The van der Waals surface area contributed by atoms with Crippen molar-refractivity contribution in [2.24, 2.45) is 0 Å². The van der Waals surface area contributed by atoms with Crippen molar-refractivity contribution in [3.8, 4) is 11.5 Å². The molecule has 1 aliphatic rings. The van der Waals surface area contributed by atoms with Gasteiger partial charge in [-0.1, -0.05) is 51.5 Å². The summed E-state index contributed by atoms with van der Waals surface area (Å²) < 4.78 is 74.9. The molecule has 9 heteroatoms. The number of ether oxygens (including phenoxy) is 1. The van der Waals surface area contributed by atoms with Crippen LogP contribution in [-0.2, 0) is 33.1 Å². The van der Waals surface area contributed by atoms with Crippen LogP contribution in [0.1, 0.15) is 67.3 Å². The molecule has 0 saturated heterocycles. The van der Waals surface area contributed by atoms with Crippen molar-refractivity contribution in [3.05, 3.63) is 80.7 Å². The smallest absolute Gasteiger partial charge is 0.295 e. The van der Waals surface area contributed by atoms with Crippen LogP contribution in [0.3, 0.4) is 0 Å². The fraction of sp³-hybridized carbons (Fsp3) is 0.310. The zero-order valence-electron chi connectivity index (χ0n) is 21.7. The predicted octanol–water partition coefficient (Wildman–Crippen LogP) is 4.94. The SMILES string of the molecule is C=c1c(CCCC)cc2c(c1CCCC)Oc1cc(C)ccc1C=2c1ccc(S(=O)(=O)O)cc1S(=O)(=O)O. The molecule has 0 radical (unpaired) electrons. The first kappa shape index (κ1) is 28.0. The predicted molar refractivity (Wildman–Crippen MR) is 147 cm³/mol. The van der Waals surface area contributed by atoms with Gasteiger partial charge in [0.2, 0.25) is 0 Å². The van der Waals surface area contributed by atoms with Crippen LogP contribution in [0.25, 0.3) is 12.2 Å². The van der Waals surface area contributed by atoms with Crippen LogP contribution in [-0.4, -0.2) is 25.9 Å². The van der Waals surface area contributed by atoms with Gasteiger partial charge in [0.1, 0.15) is 16.4 Å². The highest BCUT2D eigenvalue weighted by atomic mass is 32.2. The Balaban J connectivity index is 2.22. The van der Waals surface area contributed by atoms with E-state index in [1.165, 1.54) is 6.07 Å². The molecule has 3 aromatic rings. The van der Waals surface area contributed by atoms with Gasteiger partial charge in [-0.15, -0.1) is 0 Å². The molecule has 0 bridgehead atoms. The normalized spacial score (nSPS) is 13.1. The molecule has 2 N–H and O–H groups in total. The first-order valence-corrected chi connectivity index (χ1v) is 15.5. The minimum absolute atomic E-state index is 0.106. The second-order valence-corrected chi connectivity index (χ2v) is 12.5. The number of aryl methyl sites for hydroxylation is 2. The molecule has 3 aromatic carbocycles. The van der Waals surface area contributed by atoms with E-state index in [0.717, 1.165) is 72.6 Å². The summed E-state index contributed by atoms with van der Waals surface area (Å²) in [5.74, 6) is 1.10. The Kier molecular flexibility index (Phi) is 7.86. The summed E-state index contributed by atoms with van der Waals surface area (Å²) >= 11 is 0. The summed E-state index contributed by atoms with van der Waals surface area (Å²) in [5.41, 5.74) is 4.11. The fourth-order valence-corrected chi connectivity index (χ4v) is 6.18. The van der Waals surface area contributed by atoms with E-state index in [2.05, 4.69) is 20.4 Å². The third-order valence-corrected chi connectivity index (χ3v) is 8.60. The van der Waals surface area contributed by atoms with Gasteiger partial charge in [0, 0.05) is 27.5 Å². The lowest BCUT2D eigenvalue weighted by Crippen LogP contribution is -2.27. The molecule has 0 aromatic heterocycles. The fourth-order valence-electron chi connectivity index (χ4n) is 4.88. The van der Waals surface area contributed by atoms with Gasteiger partial charge in [-0.2, -0.15) is 16.8 Å². The highest BCUT2D eigenvalue weighted by molar-refractivity contribution is 7.86. The Morgan fingerprint density at radius 1 is 0.842 bits per heavy atom. The molecule has 0 spiro atoms. The largest absolute Gasteiger partial charge is 0.456 e. The molecule has 202 valence electrons. The van der Waals surface area contributed by atoms with E-state index in [9.17, 15) is 25.9 Å². The maximum Gasteiger partial charge on any atom is 0.295 e. The van der Waals surface area contributed by atoms with Gasteiger partial charge >= 0.3 is 0 Å². The van der Waals surface area contributed by atoms with E-state index in [4.69, 9.17) is 4.74 Å². The molecule has 0 fully saturated rings. The minimum Gasteiger partial charge on any atom is -0.456 e. The Morgan fingerprint density at radius 2 is 1.50 bits per heavy atom. The molecule has 7 nitrogen and oxygen atoms in total. The molecule has 0 saturated carbocycles. The average Bonchev–Trinajstić information content (AvgIpc) is 2.84. The van der Waals surface area contributed by atoms with Gasteiger partial charge in [-0.3, -0.25) is 9.11 Å². The standard InChI is InChI=1S/C29H32O7S2/c1-5-7-9-20-16-25-28(24-14-12-21(37(30,31)32)17-27(24)38(33,34)35)23-13-11-18(3)15-26(23)36-29(25)22(19(20)4)10-8-6-2/h11-17H,4-10H2,1-3H3,(H,30,31,32)(H,33,34,35). The Bertz CT molecular complexity index is 1740. The van der Waals surface area contributed by atoms with Crippen molar-refractivity contribution in [2.45, 2.75) is 69.1 Å². The van der Waals surface area contributed by atoms with Crippen LogP contribution in [0, 0.1) is 6.92 Å². The van der Waals surface area contributed by atoms with E-state index < -0.39 is 30.0 Å². The quantitative estimate of drug-likeness (QED) is 0.281. The van der Waals surface area contributed by atoms with Crippen LogP contribution in [0.15, 0.2) is 52.3 Å². The van der Waals surface area contributed by atoms with Gasteiger partial charge in [-0.05, 0) is 73.2 Å². The van der Waals surface area contributed by atoms with E-state index >= 15 is 0 Å². The lowest BCUT2D eigenvalue weighted by molar-refractivity contribution is 0.462. The molecule has 38 heavy (non-hydrogen) atoms. The van der Waals surface area contributed by atoms with E-state index in [1.807, 2.05) is 31.2 Å². The van der Waals surface area contributed by atoms with Crippen LogP contribution in [0.2, 0.25) is 0 Å². The first-order valence-electron chi connectivity index (χ1n) is 12.6. The second kappa shape index (κ2) is 10.6. The summed E-state index contributed by atoms with van der Waals surface area (Å²) in [5, 5.41) is 1.55. The number of rotatable bonds is 9. The number of hydrogen-bond acceptors (Lipinski definition) is 5. The maximum atomic E-state index is 12.5. The summed E-state index contributed by atoms with van der Waals surface area (Å²) in [6.07, 6.45) is 5.30. The first-order chi connectivity index (χ1) is 17.9. The van der Waals surface area contributed by atoms with Crippen molar-refractivity contribution >= 4 is 32.4 Å². The molecule has 0 atom stereocenters. The average molecular weight is 557 g/mol. The lowest BCUT2D eigenvalue weighted by Gasteiger charge is -2.25. The Hall–Kier alpha value is -2.98. The van der Waals surface area contributed by atoms with Crippen molar-refractivity contribution in [1.29, 1.82) is 0 Å². The van der Waals surface area contributed by atoms with Gasteiger partial charge in [0.15, 0.2) is 0 Å². The molecule has 4 rings (SSSR count). The highest BCUT2D eigenvalue weighted by Crippen LogP contribution is 2.40. The number of fused-ring (bicyclic) bond motifs is 2. The molecule has 1 heterocycles. The molecule has 0 aliphatic carbocycles. The van der Waals surface area contributed by atoms with Gasteiger partial charge in [0.05, 0.1) is 4.90 Å². The second-order valence-electron chi connectivity index (χ2n) is 9.66. The highest BCUT2D eigenvalue weighted by Gasteiger charge is 2.29. The van der Waals surface area contributed by atoms with E-state index in [1.54, 1.807) is 0 Å². The molecule has 0 amide bonds. The van der Waals surface area contributed by atoms with Crippen molar-refractivity contribution < 1.29 is 30.7 Å². The van der Waals surface area contributed by atoms with E-state index in [-0.39, 0.29) is 5.56 Å². The van der Waals surface area contributed by atoms with E-state index in [0.29, 0.717) is 27.9 Å². The van der Waals surface area contributed by atoms with Crippen LogP contribution in [0.4, 0.5) is 0 Å². The topological polar surface area (TPSA) is 118 Å². The van der Waals surface area contributed by atoms with Crippen LogP contribution in [0.5, 0.6) is 11.5 Å². The number of hydrogen-bond donors (Lipinski definition) is 2. The summed E-state index contributed by atoms with van der Waals surface area (Å²) in [7, 11) is -9.60.